The first-order valence-corrected chi connectivity index (χ1v) is 17.0. The van der Waals surface area contributed by atoms with Crippen molar-refractivity contribution in [2.45, 2.75) is 63.4 Å². The highest BCUT2D eigenvalue weighted by Gasteiger charge is 2.75. The van der Waals surface area contributed by atoms with Crippen LogP contribution < -0.4 is 9.64 Å². The standard InChI is InChI=1S/C36H42N6O6/c1-3-35-18-10-22-40(25-14-16-26(17-15-25)47-4-2)32(44)29(35)30-33(45)41(21-8-5-9-23-43)31-34(46)39(20-11-19-36(30,31)48-35)24-42-28-13-7-6-12-27(28)37-38-42/h6-7,10-19,29-31,43H,3-5,8-9,20-24H2,1-2H3/t29-,30+,31?,35+,36+/m1/s1. The van der Waals surface area contributed by atoms with E-state index in [4.69, 9.17) is 9.47 Å². The van der Waals surface area contributed by atoms with Crippen LogP contribution >= 0.6 is 0 Å². The maximum atomic E-state index is 14.8. The summed E-state index contributed by atoms with van der Waals surface area (Å²) in [5, 5.41) is 18.0. The number of aliphatic hydroxyl groups excluding tert-OH is 1. The lowest BCUT2D eigenvalue weighted by Crippen LogP contribution is -2.56. The number of likely N-dealkylation sites (tertiary alicyclic amines) is 1. The fraction of sp³-hybridized carbons (Fsp3) is 0.472. The number of anilines is 1. The molecule has 5 heterocycles. The molecule has 2 aromatic carbocycles. The highest BCUT2D eigenvalue weighted by molar-refractivity contribution is 6.04. The molecule has 4 aliphatic heterocycles. The van der Waals surface area contributed by atoms with Crippen LogP contribution in [0.1, 0.15) is 39.5 Å². The van der Waals surface area contributed by atoms with E-state index in [0.717, 1.165) is 11.0 Å². The lowest BCUT2D eigenvalue weighted by molar-refractivity contribution is -0.153. The monoisotopic (exact) mass is 654 g/mol. The van der Waals surface area contributed by atoms with E-state index in [-0.39, 0.29) is 37.5 Å². The number of amides is 3. The summed E-state index contributed by atoms with van der Waals surface area (Å²) in [5.74, 6) is -1.79. The van der Waals surface area contributed by atoms with E-state index in [1.807, 2.05) is 86.7 Å². The molecule has 4 aliphatic rings. The van der Waals surface area contributed by atoms with E-state index in [1.165, 1.54) is 0 Å². The number of aromatic nitrogens is 3. The zero-order chi connectivity index (χ0) is 33.5. The maximum absolute atomic E-state index is 14.8. The molecule has 1 unspecified atom stereocenters. The Morgan fingerprint density at radius 3 is 2.48 bits per heavy atom. The van der Waals surface area contributed by atoms with Gasteiger partial charge < -0.3 is 29.3 Å². The summed E-state index contributed by atoms with van der Waals surface area (Å²) in [7, 11) is 0. The molecule has 12 heteroatoms. The van der Waals surface area contributed by atoms with Gasteiger partial charge in [0.2, 0.25) is 11.8 Å². The third kappa shape index (κ3) is 5.09. The largest absolute Gasteiger partial charge is 0.494 e. The number of hydrogen-bond donors (Lipinski definition) is 1. The molecule has 12 nitrogen and oxygen atoms in total. The van der Waals surface area contributed by atoms with Gasteiger partial charge in [-0.1, -0.05) is 48.6 Å². The first kappa shape index (κ1) is 32.0. The van der Waals surface area contributed by atoms with Crippen LogP contribution in [0, 0.1) is 11.8 Å². The second-order valence-corrected chi connectivity index (χ2v) is 12.9. The number of carbonyl (C=O) groups is 3. The molecule has 5 atom stereocenters. The van der Waals surface area contributed by atoms with Crippen molar-refractivity contribution < 1.29 is 29.0 Å². The van der Waals surface area contributed by atoms with Crippen LogP contribution in [0.4, 0.5) is 5.69 Å². The lowest BCUT2D eigenvalue weighted by Gasteiger charge is -2.38. The fourth-order valence-corrected chi connectivity index (χ4v) is 8.05. The van der Waals surface area contributed by atoms with E-state index in [0.29, 0.717) is 56.8 Å². The first-order valence-electron chi connectivity index (χ1n) is 17.0. The second-order valence-electron chi connectivity index (χ2n) is 12.9. The highest BCUT2D eigenvalue weighted by atomic mass is 16.5. The topological polar surface area (TPSA) is 130 Å². The molecule has 252 valence electrons. The van der Waals surface area contributed by atoms with Gasteiger partial charge in [0.15, 0.2) is 0 Å². The average molecular weight is 655 g/mol. The Kier molecular flexibility index (Phi) is 8.55. The molecule has 1 aromatic heterocycles. The molecule has 7 rings (SSSR count). The summed E-state index contributed by atoms with van der Waals surface area (Å²) >= 11 is 0. The minimum atomic E-state index is -1.35. The number of hydrogen-bond acceptors (Lipinski definition) is 8. The summed E-state index contributed by atoms with van der Waals surface area (Å²) in [6.07, 6.45) is 9.98. The van der Waals surface area contributed by atoms with Crippen molar-refractivity contribution in [2.24, 2.45) is 11.8 Å². The summed E-state index contributed by atoms with van der Waals surface area (Å²) in [6.45, 7) is 5.52. The van der Waals surface area contributed by atoms with E-state index >= 15 is 0 Å². The van der Waals surface area contributed by atoms with Crippen molar-refractivity contribution in [3.63, 3.8) is 0 Å². The van der Waals surface area contributed by atoms with Gasteiger partial charge in [-0.15, -0.1) is 5.10 Å². The number of para-hydroxylation sites is 1. The minimum Gasteiger partial charge on any atom is -0.494 e. The Morgan fingerprint density at radius 2 is 1.71 bits per heavy atom. The molecule has 1 N–H and O–H groups in total. The Morgan fingerprint density at radius 1 is 0.917 bits per heavy atom. The first-order chi connectivity index (χ1) is 23.4. The number of unbranched alkanes of at least 4 members (excludes halogenated alkanes) is 2. The number of rotatable bonds is 11. The van der Waals surface area contributed by atoms with Crippen LogP contribution in [0.15, 0.2) is 72.8 Å². The van der Waals surface area contributed by atoms with E-state index in [1.54, 1.807) is 19.4 Å². The van der Waals surface area contributed by atoms with Gasteiger partial charge in [0.05, 0.1) is 29.6 Å². The van der Waals surface area contributed by atoms with Gasteiger partial charge in [-0.2, -0.15) is 0 Å². The highest BCUT2D eigenvalue weighted by Crippen LogP contribution is 2.58. The zero-order valence-corrected chi connectivity index (χ0v) is 27.4. The minimum absolute atomic E-state index is 0.0532. The zero-order valence-electron chi connectivity index (χ0n) is 27.4. The maximum Gasteiger partial charge on any atom is 0.250 e. The van der Waals surface area contributed by atoms with E-state index < -0.39 is 29.1 Å². The quantitative estimate of drug-likeness (QED) is 0.246. The van der Waals surface area contributed by atoms with Gasteiger partial charge in [0.1, 0.15) is 29.6 Å². The normalized spacial score (nSPS) is 28.1. The number of fused-ring (bicyclic) bond motifs is 3. The Labute approximate surface area is 279 Å². The average Bonchev–Trinajstić information content (AvgIpc) is 3.64. The second kappa shape index (κ2) is 12.8. The molecule has 48 heavy (non-hydrogen) atoms. The number of carbonyl (C=O) groups excluding carboxylic acids is 3. The molecule has 2 saturated heterocycles. The van der Waals surface area contributed by atoms with Gasteiger partial charge in [-0.25, -0.2) is 4.68 Å². The third-order valence-electron chi connectivity index (χ3n) is 10.3. The SMILES string of the molecule is CCOc1ccc(N2CC=C[C@]3(CC)O[C@]45C=CCN(Cn6nnc7ccccc76)C(=O)C4N(CCCCCO)C(=O)[C@@H]5[C@@H]3C2=O)cc1. The van der Waals surface area contributed by atoms with Crippen LogP contribution in [0.3, 0.4) is 0 Å². The predicted molar refractivity (Wildman–Crippen MR) is 178 cm³/mol. The number of benzene rings is 2. The molecule has 3 aromatic rings. The number of aliphatic hydroxyl groups is 1. The van der Waals surface area contributed by atoms with E-state index in [9.17, 15) is 19.5 Å². The van der Waals surface area contributed by atoms with Crippen LogP contribution in [0.2, 0.25) is 0 Å². The van der Waals surface area contributed by atoms with Gasteiger partial charge in [0.25, 0.3) is 5.91 Å². The summed E-state index contributed by atoms with van der Waals surface area (Å²) in [6, 6.07) is 14.0. The van der Waals surface area contributed by atoms with Crippen molar-refractivity contribution in [1.82, 2.24) is 24.8 Å². The molecule has 1 spiro atoms. The smallest absolute Gasteiger partial charge is 0.250 e. The van der Waals surface area contributed by atoms with Crippen molar-refractivity contribution in [3.05, 3.63) is 72.8 Å². The Balaban J connectivity index is 1.27. The number of ether oxygens (including phenoxy) is 2. The molecule has 3 amide bonds. The molecule has 0 saturated carbocycles. The predicted octanol–water partition coefficient (Wildman–Crippen LogP) is 3.31. The van der Waals surface area contributed by atoms with Gasteiger partial charge in [0, 0.05) is 31.9 Å². The van der Waals surface area contributed by atoms with Crippen molar-refractivity contribution in [1.29, 1.82) is 0 Å². The lowest BCUT2D eigenvalue weighted by atomic mass is 9.73. The van der Waals surface area contributed by atoms with Crippen LogP contribution in [-0.2, 0) is 25.8 Å². The number of nitrogens with zero attached hydrogens (tertiary/aromatic N) is 6. The molecule has 0 bridgehead atoms. The van der Waals surface area contributed by atoms with Crippen molar-refractivity contribution >= 4 is 34.4 Å². The van der Waals surface area contributed by atoms with Gasteiger partial charge >= 0.3 is 0 Å². The van der Waals surface area contributed by atoms with Crippen LogP contribution in [0.5, 0.6) is 5.75 Å². The Hall–Kier alpha value is -4.55. The van der Waals surface area contributed by atoms with Gasteiger partial charge in [-0.05, 0) is 69.0 Å². The molecule has 2 fully saturated rings. The molecular formula is C36H42N6O6. The third-order valence-corrected chi connectivity index (χ3v) is 10.3. The summed E-state index contributed by atoms with van der Waals surface area (Å²) < 4.78 is 14.4. The van der Waals surface area contributed by atoms with Crippen LogP contribution in [0.25, 0.3) is 11.0 Å². The molecule has 0 radical (unpaired) electrons. The summed E-state index contributed by atoms with van der Waals surface area (Å²) in [5.41, 5.74) is -0.223. The molecule has 0 aliphatic carbocycles. The van der Waals surface area contributed by atoms with Crippen molar-refractivity contribution in [3.8, 4) is 5.75 Å². The fourth-order valence-electron chi connectivity index (χ4n) is 8.05. The molecular weight excluding hydrogens is 612 g/mol. The van der Waals surface area contributed by atoms with E-state index in [2.05, 4.69) is 10.3 Å². The summed E-state index contributed by atoms with van der Waals surface area (Å²) in [4.78, 5) is 49.3. The Bertz CT molecular complexity index is 1750. The van der Waals surface area contributed by atoms with Crippen LogP contribution in [-0.4, -0.2) is 97.7 Å². The van der Waals surface area contributed by atoms with Crippen molar-refractivity contribution in [2.75, 3.05) is 37.7 Å². The van der Waals surface area contributed by atoms with Gasteiger partial charge in [-0.3, -0.25) is 14.4 Å².